The number of carbonyl (C=O) groups is 1. The standard InChI is InChI=1S/C13H27NO2/c1-5-6-7-8-9-10-12(16)14-13(3,4)11(2)15/h11,15H,5-10H2,1-4H3,(H,14,16). The maximum Gasteiger partial charge on any atom is 0.220 e. The summed E-state index contributed by atoms with van der Waals surface area (Å²) < 4.78 is 0. The summed E-state index contributed by atoms with van der Waals surface area (Å²) in [4.78, 5) is 11.6. The van der Waals surface area contributed by atoms with E-state index in [1.54, 1.807) is 6.92 Å². The van der Waals surface area contributed by atoms with Crippen LogP contribution in [0.1, 0.15) is 66.2 Å². The molecule has 3 nitrogen and oxygen atoms in total. The van der Waals surface area contributed by atoms with Crippen LogP contribution in [0.3, 0.4) is 0 Å². The number of rotatable bonds is 8. The number of hydrogen-bond acceptors (Lipinski definition) is 2. The van der Waals surface area contributed by atoms with E-state index in [1.807, 2.05) is 13.8 Å². The van der Waals surface area contributed by atoms with Crippen molar-refractivity contribution in [3.05, 3.63) is 0 Å². The first-order valence-corrected chi connectivity index (χ1v) is 6.39. The van der Waals surface area contributed by atoms with Crippen molar-refractivity contribution in [3.8, 4) is 0 Å². The average molecular weight is 229 g/mol. The zero-order valence-corrected chi connectivity index (χ0v) is 11.2. The lowest BCUT2D eigenvalue weighted by Crippen LogP contribution is -2.50. The fourth-order valence-corrected chi connectivity index (χ4v) is 1.42. The van der Waals surface area contributed by atoms with Crippen molar-refractivity contribution in [2.45, 2.75) is 77.9 Å². The Morgan fingerprint density at radius 2 is 1.81 bits per heavy atom. The minimum Gasteiger partial charge on any atom is -0.391 e. The molecule has 0 rings (SSSR count). The highest BCUT2D eigenvalue weighted by atomic mass is 16.3. The average Bonchev–Trinajstić information content (AvgIpc) is 2.16. The molecular weight excluding hydrogens is 202 g/mol. The van der Waals surface area contributed by atoms with Crippen molar-refractivity contribution in [1.82, 2.24) is 5.32 Å². The fourth-order valence-electron chi connectivity index (χ4n) is 1.42. The van der Waals surface area contributed by atoms with Crippen molar-refractivity contribution in [3.63, 3.8) is 0 Å². The molecule has 1 amide bonds. The highest BCUT2D eigenvalue weighted by molar-refractivity contribution is 5.76. The maximum absolute atomic E-state index is 11.6. The van der Waals surface area contributed by atoms with Crippen molar-refractivity contribution in [2.24, 2.45) is 0 Å². The van der Waals surface area contributed by atoms with E-state index in [-0.39, 0.29) is 5.91 Å². The molecule has 0 aromatic rings. The first-order valence-electron chi connectivity index (χ1n) is 6.39. The molecule has 0 saturated heterocycles. The number of carbonyl (C=O) groups excluding carboxylic acids is 1. The van der Waals surface area contributed by atoms with E-state index in [0.717, 1.165) is 12.8 Å². The van der Waals surface area contributed by atoms with Crippen LogP contribution in [0.2, 0.25) is 0 Å². The number of unbranched alkanes of at least 4 members (excludes halogenated alkanes) is 4. The van der Waals surface area contributed by atoms with Crippen LogP contribution in [0.25, 0.3) is 0 Å². The van der Waals surface area contributed by atoms with Crippen LogP contribution in [0.4, 0.5) is 0 Å². The van der Waals surface area contributed by atoms with Crippen LogP contribution in [-0.4, -0.2) is 22.7 Å². The summed E-state index contributed by atoms with van der Waals surface area (Å²) in [6.45, 7) is 7.55. The van der Waals surface area contributed by atoms with Gasteiger partial charge >= 0.3 is 0 Å². The van der Waals surface area contributed by atoms with Gasteiger partial charge in [-0.15, -0.1) is 0 Å². The van der Waals surface area contributed by atoms with Gasteiger partial charge in [0, 0.05) is 6.42 Å². The lowest BCUT2D eigenvalue weighted by Gasteiger charge is -2.29. The summed E-state index contributed by atoms with van der Waals surface area (Å²) in [7, 11) is 0. The molecule has 16 heavy (non-hydrogen) atoms. The quantitative estimate of drug-likeness (QED) is 0.629. The Morgan fingerprint density at radius 3 is 2.31 bits per heavy atom. The van der Waals surface area contributed by atoms with Gasteiger partial charge in [0.1, 0.15) is 0 Å². The molecule has 2 N–H and O–H groups in total. The summed E-state index contributed by atoms with van der Waals surface area (Å²) in [6.07, 6.45) is 5.79. The molecule has 0 aliphatic heterocycles. The fraction of sp³-hybridized carbons (Fsp3) is 0.923. The second kappa shape index (κ2) is 7.66. The summed E-state index contributed by atoms with van der Waals surface area (Å²) >= 11 is 0. The van der Waals surface area contributed by atoms with Gasteiger partial charge in [-0.25, -0.2) is 0 Å². The van der Waals surface area contributed by atoms with Gasteiger partial charge < -0.3 is 10.4 Å². The van der Waals surface area contributed by atoms with Crippen molar-refractivity contribution < 1.29 is 9.90 Å². The first-order chi connectivity index (χ1) is 7.40. The molecule has 0 aromatic carbocycles. The molecule has 96 valence electrons. The second-order valence-corrected chi connectivity index (χ2v) is 5.11. The van der Waals surface area contributed by atoms with Gasteiger partial charge in [-0.05, 0) is 27.2 Å². The smallest absolute Gasteiger partial charge is 0.220 e. The van der Waals surface area contributed by atoms with Crippen molar-refractivity contribution in [2.75, 3.05) is 0 Å². The molecule has 0 aliphatic carbocycles. The van der Waals surface area contributed by atoms with Gasteiger partial charge in [0.15, 0.2) is 0 Å². The summed E-state index contributed by atoms with van der Waals surface area (Å²) in [5.74, 6) is 0.0439. The molecule has 0 aliphatic rings. The van der Waals surface area contributed by atoms with Gasteiger partial charge in [0.25, 0.3) is 0 Å². The Labute approximate surface area is 99.6 Å². The van der Waals surface area contributed by atoms with Crippen molar-refractivity contribution in [1.29, 1.82) is 0 Å². The Hall–Kier alpha value is -0.570. The Morgan fingerprint density at radius 1 is 1.25 bits per heavy atom. The first kappa shape index (κ1) is 15.4. The number of amides is 1. The van der Waals surface area contributed by atoms with E-state index < -0.39 is 11.6 Å². The molecule has 0 fully saturated rings. The lowest BCUT2D eigenvalue weighted by atomic mass is 9.98. The van der Waals surface area contributed by atoms with Crippen LogP contribution in [0.5, 0.6) is 0 Å². The highest BCUT2D eigenvalue weighted by Crippen LogP contribution is 2.10. The van der Waals surface area contributed by atoms with Crippen LogP contribution in [0, 0.1) is 0 Å². The van der Waals surface area contributed by atoms with Crippen molar-refractivity contribution >= 4 is 5.91 Å². The Balaban J connectivity index is 3.66. The molecule has 3 heteroatoms. The third kappa shape index (κ3) is 6.83. The van der Waals surface area contributed by atoms with Crippen LogP contribution >= 0.6 is 0 Å². The Kier molecular flexibility index (Phi) is 7.39. The third-order valence-electron chi connectivity index (χ3n) is 3.01. The summed E-state index contributed by atoms with van der Waals surface area (Å²) in [6, 6.07) is 0. The lowest BCUT2D eigenvalue weighted by molar-refractivity contribution is -0.124. The topological polar surface area (TPSA) is 49.3 Å². The highest BCUT2D eigenvalue weighted by Gasteiger charge is 2.25. The maximum atomic E-state index is 11.6. The zero-order valence-electron chi connectivity index (χ0n) is 11.2. The van der Waals surface area contributed by atoms with Gasteiger partial charge in [-0.3, -0.25) is 4.79 Å². The predicted octanol–water partition coefficient (Wildman–Crippen LogP) is 2.62. The van der Waals surface area contributed by atoms with Gasteiger partial charge in [0.2, 0.25) is 5.91 Å². The number of hydrogen-bond donors (Lipinski definition) is 2. The monoisotopic (exact) mass is 229 g/mol. The molecule has 0 aromatic heterocycles. The molecule has 0 bridgehead atoms. The van der Waals surface area contributed by atoms with E-state index in [1.165, 1.54) is 19.3 Å². The van der Waals surface area contributed by atoms with Crippen LogP contribution < -0.4 is 5.32 Å². The SMILES string of the molecule is CCCCCCCC(=O)NC(C)(C)C(C)O. The minimum absolute atomic E-state index is 0.0439. The molecule has 1 unspecified atom stereocenters. The summed E-state index contributed by atoms with van der Waals surface area (Å²) in [5.41, 5.74) is -0.527. The normalized spacial score (nSPS) is 13.6. The van der Waals surface area contributed by atoms with E-state index in [9.17, 15) is 9.90 Å². The third-order valence-corrected chi connectivity index (χ3v) is 3.01. The summed E-state index contributed by atoms with van der Waals surface area (Å²) in [5, 5.41) is 12.3. The molecule has 0 radical (unpaired) electrons. The zero-order chi connectivity index (χ0) is 12.6. The minimum atomic E-state index is -0.531. The largest absolute Gasteiger partial charge is 0.391 e. The molecular formula is C13H27NO2. The van der Waals surface area contributed by atoms with Crippen LogP contribution in [0.15, 0.2) is 0 Å². The predicted molar refractivity (Wildman–Crippen MR) is 67.3 cm³/mol. The van der Waals surface area contributed by atoms with Crippen LogP contribution in [-0.2, 0) is 4.79 Å². The molecule has 0 spiro atoms. The number of aliphatic hydroxyl groups excluding tert-OH is 1. The van der Waals surface area contributed by atoms with E-state index in [2.05, 4.69) is 12.2 Å². The Bertz CT molecular complexity index is 200. The second-order valence-electron chi connectivity index (χ2n) is 5.11. The molecule has 0 heterocycles. The van der Waals surface area contributed by atoms with Gasteiger partial charge in [-0.1, -0.05) is 32.6 Å². The molecule has 0 saturated carbocycles. The molecule has 1 atom stereocenters. The van der Waals surface area contributed by atoms with Gasteiger partial charge in [-0.2, -0.15) is 0 Å². The number of aliphatic hydroxyl groups is 1. The van der Waals surface area contributed by atoms with E-state index in [0.29, 0.717) is 6.42 Å². The van der Waals surface area contributed by atoms with E-state index >= 15 is 0 Å². The van der Waals surface area contributed by atoms with E-state index in [4.69, 9.17) is 0 Å². The van der Waals surface area contributed by atoms with Gasteiger partial charge in [0.05, 0.1) is 11.6 Å². The number of nitrogens with one attached hydrogen (secondary N) is 1.